The maximum absolute atomic E-state index is 14.1. The fourth-order valence-electron chi connectivity index (χ4n) is 6.94. The van der Waals surface area contributed by atoms with Gasteiger partial charge in [0.25, 0.3) is 0 Å². The number of rotatable bonds is 6. The molecule has 0 spiro atoms. The van der Waals surface area contributed by atoms with Crippen LogP contribution in [-0.4, -0.2) is 70.9 Å². The van der Waals surface area contributed by atoms with Gasteiger partial charge in [0.2, 0.25) is 5.91 Å². The molecule has 1 aliphatic heterocycles. The van der Waals surface area contributed by atoms with Gasteiger partial charge in [-0.2, -0.15) is 5.48 Å². The summed E-state index contributed by atoms with van der Waals surface area (Å²) in [6.45, 7) is -0.119. The van der Waals surface area contributed by atoms with Gasteiger partial charge in [0.05, 0.1) is 29.1 Å². The van der Waals surface area contributed by atoms with Crippen molar-refractivity contribution in [3.63, 3.8) is 0 Å². The maximum atomic E-state index is 14.1. The van der Waals surface area contributed by atoms with Crippen LogP contribution in [0.25, 0.3) is 0 Å². The lowest BCUT2D eigenvalue weighted by Crippen LogP contribution is -2.66. The minimum absolute atomic E-state index is 0.0799. The summed E-state index contributed by atoms with van der Waals surface area (Å²) in [7, 11) is 0. The Morgan fingerprint density at radius 3 is 2.40 bits per heavy atom. The minimum atomic E-state index is -1.11. The summed E-state index contributed by atoms with van der Waals surface area (Å²) < 4.78 is 33.7. The second kappa shape index (κ2) is 10.5. The number of hydrogen-bond donors (Lipinski definition) is 4. The highest BCUT2D eigenvalue weighted by Crippen LogP contribution is 2.55. The number of hydroxylamine groups is 1. The van der Waals surface area contributed by atoms with Crippen molar-refractivity contribution in [2.75, 3.05) is 6.61 Å². The fraction of sp³-hybridized carbons (Fsp3) is 0.958. The molecule has 0 radical (unpaired) electrons. The van der Waals surface area contributed by atoms with Crippen LogP contribution in [0.15, 0.2) is 0 Å². The molecule has 6 aliphatic rings. The second-order valence-corrected chi connectivity index (χ2v) is 12.5. The van der Waals surface area contributed by atoms with E-state index in [1.54, 1.807) is 0 Å². The Hall–Kier alpha value is -0.290. The lowest BCUT2D eigenvalue weighted by Gasteiger charge is -2.57. The normalized spacial score (nSPS) is 50.3. The Kier molecular flexibility index (Phi) is 7.87. The Balaban J connectivity index is 1.12. The topological polar surface area (TPSA) is 91.9 Å². The highest BCUT2D eigenvalue weighted by molar-refractivity contribution is 6.21. The van der Waals surface area contributed by atoms with Crippen LogP contribution >= 0.6 is 23.2 Å². The van der Waals surface area contributed by atoms with Crippen molar-refractivity contribution in [1.82, 2.24) is 16.1 Å². The van der Waals surface area contributed by atoms with Crippen molar-refractivity contribution in [2.45, 2.75) is 124 Å². The predicted octanol–water partition coefficient (Wildman–Crippen LogP) is 3.20. The lowest BCUT2D eigenvalue weighted by atomic mass is 9.55. The molecule has 35 heavy (non-hydrogen) atoms. The third kappa shape index (κ3) is 5.33. The third-order valence-corrected chi connectivity index (χ3v) is 10.2. The highest BCUT2D eigenvalue weighted by atomic mass is 35.5. The molecule has 200 valence electrons. The first-order chi connectivity index (χ1) is 16.7. The molecule has 1 saturated heterocycles. The van der Waals surface area contributed by atoms with E-state index in [0.717, 1.165) is 19.3 Å². The van der Waals surface area contributed by atoms with E-state index in [1.807, 2.05) is 0 Å². The van der Waals surface area contributed by atoms with E-state index in [2.05, 4.69) is 16.1 Å². The quantitative estimate of drug-likeness (QED) is 0.387. The molecule has 11 heteroatoms. The number of carbonyl (C=O) groups excluding carboxylic acids is 1. The van der Waals surface area contributed by atoms with Crippen molar-refractivity contribution in [3.05, 3.63) is 0 Å². The molecular weight excluding hydrogens is 503 g/mol. The van der Waals surface area contributed by atoms with Crippen molar-refractivity contribution < 1.29 is 28.3 Å². The zero-order valence-corrected chi connectivity index (χ0v) is 21.4. The number of ether oxygens (including phenoxy) is 1. The van der Waals surface area contributed by atoms with Gasteiger partial charge in [0.1, 0.15) is 25.2 Å². The summed E-state index contributed by atoms with van der Waals surface area (Å²) in [5, 5.41) is 16.9. The average Bonchev–Trinajstić information content (AvgIpc) is 3.33. The molecule has 6 fully saturated rings. The molecule has 0 aromatic rings. The SMILES string of the molecule is O=C(COC1CCC(Cl)C(F)C1)NC12CCC(C3NC(C4CCC(Cl)C(F)C4)NO3)(CC1)[C@H](O)C2. The van der Waals surface area contributed by atoms with Gasteiger partial charge in [-0.05, 0) is 70.1 Å². The summed E-state index contributed by atoms with van der Waals surface area (Å²) >= 11 is 12.0. The largest absolute Gasteiger partial charge is 0.392 e. The van der Waals surface area contributed by atoms with Crippen LogP contribution in [0, 0.1) is 11.3 Å². The molecule has 1 amide bonds. The van der Waals surface area contributed by atoms with Gasteiger partial charge in [0.15, 0.2) is 0 Å². The van der Waals surface area contributed by atoms with E-state index in [4.69, 9.17) is 32.8 Å². The van der Waals surface area contributed by atoms with Crippen molar-refractivity contribution in [3.8, 4) is 0 Å². The Morgan fingerprint density at radius 2 is 1.74 bits per heavy atom. The van der Waals surface area contributed by atoms with Gasteiger partial charge < -0.3 is 15.2 Å². The molecule has 7 nitrogen and oxygen atoms in total. The molecule has 6 rings (SSSR count). The number of fused-ring (bicyclic) bond motifs is 3. The number of aliphatic hydroxyl groups excluding tert-OH is 1. The van der Waals surface area contributed by atoms with Gasteiger partial charge in [-0.3, -0.25) is 14.9 Å². The van der Waals surface area contributed by atoms with Crippen LogP contribution in [0.3, 0.4) is 0 Å². The number of amides is 1. The van der Waals surface area contributed by atoms with E-state index >= 15 is 0 Å². The molecular formula is C24H37Cl2F2N3O4. The summed E-state index contributed by atoms with van der Waals surface area (Å²) in [6, 6.07) is 0. The van der Waals surface area contributed by atoms with Crippen LogP contribution in [0.1, 0.15) is 70.6 Å². The van der Waals surface area contributed by atoms with Crippen LogP contribution in [0.5, 0.6) is 0 Å². The van der Waals surface area contributed by atoms with E-state index < -0.39 is 40.2 Å². The summed E-state index contributed by atoms with van der Waals surface area (Å²) in [6.07, 6.45) is 2.95. The smallest absolute Gasteiger partial charge is 0.246 e. The number of nitrogens with one attached hydrogen (secondary N) is 3. The van der Waals surface area contributed by atoms with Crippen LogP contribution in [-0.2, 0) is 14.4 Å². The Labute approximate surface area is 215 Å². The first-order valence-electron chi connectivity index (χ1n) is 13.0. The lowest BCUT2D eigenvalue weighted by molar-refractivity contribution is -0.176. The first kappa shape index (κ1) is 26.3. The molecule has 5 aliphatic carbocycles. The number of hydrogen-bond acceptors (Lipinski definition) is 6. The number of alkyl halides is 4. The van der Waals surface area contributed by atoms with E-state index in [-0.39, 0.29) is 43.4 Å². The Bertz CT molecular complexity index is 775. The van der Waals surface area contributed by atoms with Crippen LogP contribution in [0.2, 0.25) is 0 Å². The zero-order chi connectivity index (χ0) is 24.8. The summed E-state index contributed by atoms with van der Waals surface area (Å²) in [4.78, 5) is 18.6. The second-order valence-electron chi connectivity index (χ2n) is 11.4. The monoisotopic (exact) mass is 539 g/mol. The Morgan fingerprint density at radius 1 is 1.06 bits per heavy atom. The maximum Gasteiger partial charge on any atom is 0.246 e. The molecule has 1 heterocycles. The average molecular weight is 540 g/mol. The minimum Gasteiger partial charge on any atom is -0.392 e. The van der Waals surface area contributed by atoms with Gasteiger partial charge in [-0.25, -0.2) is 8.78 Å². The number of aliphatic hydroxyl groups is 1. The first-order valence-corrected chi connectivity index (χ1v) is 13.9. The fourth-order valence-corrected chi connectivity index (χ4v) is 7.39. The number of carbonyl (C=O) groups is 1. The van der Waals surface area contributed by atoms with Crippen molar-refractivity contribution >= 4 is 29.1 Å². The van der Waals surface area contributed by atoms with Crippen LogP contribution in [0.4, 0.5) is 8.78 Å². The van der Waals surface area contributed by atoms with Crippen molar-refractivity contribution in [2.24, 2.45) is 11.3 Å². The summed E-state index contributed by atoms with van der Waals surface area (Å²) in [5.41, 5.74) is 2.12. The standard InChI is InChI=1S/C24H37Cl2F2N3O4/c25-15-3-1-13(9-17(15)27)21-29-22(35-31-21)24-7-5-23(6-8-24,11-19(24)32)30-20(33)12-34-14-2-4-16(26)18(28)10-14/h13-19,21-22,29,31-32H,1-12H2,(H,30,33)/t13?,14?,15?,16?,17?,18?,19-,21?,22?,23?,24?/m1/s1. The molecule has 4 N–H and O–H groups in total. The number of halogens is 4. The molecule has 2 bridgehead atoms. The van der Waals surface area contributed by atoms with Gasteiger partial charge >= 0.3 is 0 Å². The zero-order valence-electron chi connectivity index (χ0n) is 19.9. The predicted molar refractivity (Wildman–Crippen MR) is 127 cm³/mol. The van der Waals surface area contributed by atoms with Crippen LogP contribution < -0.4 is 16.1 Å². The van der Waals surface area contributed by atoms with E-state index in [1.165, 1.54) is 0 Å². The van der Waals surface area contributed by atoms with Gasteiger partial charge in [0, 0.05) is 17.4 Å². The summed E-state index contributed by atoms with van der Waals surface area (Å²) in [5.74, 6) is -0.154. The molecule has 0 aromatic carbocycles. The molecule has 0 aromatic heterocycles. The van der Waals surface area contributed by atoms with Gasteiger partial charge in [-0.1, -0.05) is 0 Å². The highest BCUT2D eigenvalue weighted by Gasteiger charge is 2.60. The molecule has 8 unspecified atom stereocenters. The van der Waals surface area contributed by atoms with Crippen molar-refractivity contribution in [1.29, 1.82) is 0 Å². The van der Waals surface area contributed by atoms with Gasteiger partial charge in [-0.15, -0.1) is 23.2 Å². The third-order valence-electron chi connectivity index (χ3n) is 9.26. The molecule has 5 saturated carbocycles. The molecule has 9 atom stereocenters. The van der Waals surface area contributed by atoms with E-state index in [0.29, 0.717) is 44.9 Å². The van der Waals surface area contributed by atoms with E-state index in [9.17, 15) is 18.7 Å².